The van der Waals surface area contributed by atoms with Gasteiger partial charge in [0.15, 0.2) is 0 Å². The van der Waals surface area contributed by atoms with E-state index in [1.165, 1.54) is 4.90 Å². The van der Waals surface area contributed by atoms with E-state index in [1.54, 1.807) is 28.4 Å². The lowest BCUT2D eigenvalue weighted by molar-refractivity contribution is -0.897. The fourth-order valence-corrected chi connectivity index (χ4v) is 11.0. The van der Waals surface area contributed by atoms with E-state index < -0.39 is 12.2 Å². The summed E-state index contributed by atoms with van der Waals surface area (Å²) in [7, 11) is 6.65. The summed E-state index contributed by atoms with van der Waals surface area (Å²) in [6.07, 6.45) is -1.29. The molecule has 686 valence electrons. The van der Waals surface area contributed by atoms with Gasteiger partial charge < -0.3 is 165 Å². The summed E-state index contributed by atoms with van der Waals surface area (Å²) < 4.78 is 99.3. The van der Waals surface area contributed by atoms with Crippen LogP contribution in [-0.4, -0.2) is 546 Å². The van der Waals surface area contributed by atoms with E-state index in [2.05, 4.69) is 67.0 Å². The highest BCUT2D eigenvalue weighted by molar-refractivity contribution is 4.71. The summed E-state index contributed by atoms with van der Waals surface area (Å²) in [5, 5.41) is 67.7. The van der Waals surface area contributed by atoms with Crippen molar-refractivity contribution >= 4 is 0 Å². The highest BCUT2D eigenvalue weighted by Crippen LogP contribution is 1.98. The van der Waals surface area contributed by atoms with E-state index in [0.29, 0.717) is 231 Å². The monoisotopic (exact) mass is 1660 g/mol. The normalized spacial score (nSPS) is 13.0. The van der Waals surface area contributed by atoms with E-state index >= 15 is 0 Å². The van der Waals surface area contributed by atoms with E-state index in [9.17, 15) is 15.3 Å². The Morgan fingerprint density at radius 2 is 0.500 bits per heavy atom. The largest absolute Gasteiger partial charge is 0.394 e. The molecule has 0 aromatic carbocycles. The molecule has 0 fully saturated rings. The van der Waals surface area contributed by atoms with Crippen LogP contribution in [0.3, 0.4) is 0 Å². The van der Waals surface area contributed by atoms with Gasteiger partial charge in [0, 0.05) is 244 Å². The first-order valence-electron chi connectivity index (χ1n) is 42.4. The van der Waals surface area contributed by atoms with Crippen molar-refractivity contribution in [3.63, 3.8) is 0 Å². The van der Waals surface area contributed by atoms with Gasteiger partial charge in [-0.1, -0.05) is 0 Å². The molecule has 0 aliphatic heterocycles. The fraction of sp³-hybridized carbons (Fsp3) is 1.00. The maximum absolute atomic E-state index is 10.7. The zero-order valence-corrected chi connectivity index (χ0v) is 71.7. The molecule has 3 unspecified atom stereocenters. The minimum absolute atomic E-state index is 0.00306. The Labute approximate surface area is 687 Å². The Balaban J connectivity index is 4.64. The van der Waals surface area contributed by atoms with Gasteiger partial charge in [0.1, 0.15) is 0 Å². The van der Waals surface area contributed by atoms with Crippen LogP contribution < -0.4 is 58.9 Å². The van der Waals surface area contributed by atoms with Crippen LogP contribution in [0, 0.1) is 0 Å². The summed E-state index contributed by atoms with van der Waals surface area (Å²) in [4.78, 5) is 13.5. The van der Waals surface area contributed by atoms with Gasteiger partial charge in [0.2, 0.25) is 0 Å². The van der Waals surface area contributed by atoms with Crippen LogP contribution in [0.5, 0.6) is 0 Å². The number of aliphatic hydroxyl groups excluding tert-OH is 4. The van der Waals surface area contributed by atoms with Crippen molar-refractivity contribution in [2.75, 3.05) is 489 Å². The van der Waals surface area contributed by atoms with E-state index in [4.69, 9.17) is 102 Å². The predicted molar refractivity (Wildman–Crippen MR) is 444 cm³/mol. The van der Waals surface area contributed by atoms with Crippen LogP contribution in [0.2, 0.25) is 0 Å². The molecular weight excluding hydrogens is 1490 g/mol. The average Bonchev–Trinajstić information content (AvgIpc) is 1.00. The van der Waals surface area contributed by atoms with Crippen molar-refractivity contribution in [3.8, 4) is 0 Å². The van der Waals surface area contributed by atoms with Gasteiger partial charge in [-0.25, -0.2) is 0 Å². The van der Waals surface area contributed by atoms with Crippen molar-refractivity contribution in [1.82, 2.24) is 67.0 Å². The number of quaternary nitrogens is 1. The zero-order chi connectivity index (χ0) is 82.5. The third-order valence-electron chi connectivity index (χ3n) is 17.5. The minimum Gasteiger partial charge on any atom is -0.394 e. The Morgan fingerprint density at radius 1 is 0.237 bits per heavy atom. The molecule has 0 spiro atoms. The number of nitrogens with two attached hydrogens (primary N) is 2. The first-order valence-corrected chi connectivity index (χ1v) is 42.4. The lowest BCUT2D eigenvalue weighted by atomic mass is 10.3. The topological polar surface area (TPSA) is 416 Å². The van der Waals surface area contributed by atoms with Crippen LogP contribution >= 0.6 is 0 Å². The molecule has 38 heteroatoms. The van der Waals surface area contributed by atoms with Gasteiger partial charge in [0.25, 0.3) is 0 Å². The zero-order valence-electron chi connectivity index (χ0n) is 71.7. The van der Waals surface area contributed by atoms with E-state index in [0.717, 1.165) is 203 Å². The van der Waals surface area contributed by atoms with Crippen molar-refractivity contribution in [1.29, 1.82) is 0 Å². The second kappa shape index (κ2) is 96.9. The van der Waals surface area contributed by atoms with Crippen LogP contribution in [0.1, 0.15) is 0 Å². The van der Waals surface area contributed by atoms with Gasteiger partial charge in [-0.05, 0) is 0 Å². The molecule has 3 atom stereocenters. The van der Waals surface area contributed by atoms with Crippen molar-refractivity contribution < 1.29 is 111 Å². The lowest BCUT2D eigenvalue weighted by Crippen LogP contribution is -3.14. The van der Waals surface area contributed by atoms with Crippen LogP contribution in [0.25, 0.3) is 0 Å². The van der Waals surface area contributed by atoms with E-state index in [-0.39, 0.29) is 26.4 Å². The van der Waals surface area contributed by atoms with Crippen molar-refractivity contribution in [3.05, 3.63) is 0 Å². The molecule has 0 rings (SSSR count). The highest BCUT2D eigenvalue weighted by atomic mass is 16.6. The second-order valence-corrected chi connectivity index (χ2v) is 26.9. The quantitative estimate of drug-likeness (QED) is 0.0252. The van der Waals surface area contributed by atoms with Gasteiger partial charge in [-0.2, -0.15) is 0 Å². The molecule has 0 aliphatic rings. The molecule has 0 radical (unpaired) electrons. The van der Waals surface area contributed by atoms with Gasteiger partial charge in [-0.3, -0.25) is 24.5 Å². The van der Waals surface area contributed by atoms with Gasteiger partial charge >= 0.3 is 0 Å². The Hall–Kier alpha value is -1.52. The molecule has 17 N–H and O–H groups in total. The number of nitrogens with one attached hydrogen (secondary N) is 9. The number of nitrogens with zero attached hydrogens (tertiary/aromatic N) is 5. The molecule has 0 saturated carbocycles. The fourth-order valence-electron chi connectivity index (χ4n) is 11.0. The molecule has 0 saturated heterocycles. The maximum atomic E-state index is 10.7. The number of ether oxygens (including phenoxy) is 18. The summed E-state index contributed by atoms with van der Waals surface area (Å²) in [6, 6.07) is 0. The SMILES string of the molecule is COCCOCCOCCOCCNCCN(CCNCCN(CCNCCN)CCNCC(O)COCCOCCOCCOCC(O)CNCCNCCN(CCN)CC[NH+](CCNCCOCCOCCOCCOC)CCNCCN(CCOCCO)CCOCCOC)CCN(CCOCCO)CCOCCOC. The molecule has 0 heterocycles. The number of methoxy groups -OCH3 is 4. The minimum atomic E-state index is -0.653. The number of hydrogen-bond donors (Lipinski definition) is 15. The number of aliphatic hydroxyl groups is 4. The van der Waals surface area contributed by atoms with Crippen LogP contribution in [0.15, 0.2) is 0 Å². The molecule has 114 heavy (non-hydrogen) atoms. The average molecular weight is 1660 g/mol. The smallest absolute Gasteiger partial charge is 0.0900 e. The highest BCUT2D eigenvalue weighted by Gasteiger charge is 2.16. The molecule has 0 amide bonds. The van der Waals surface area contributed by atoms with Crippen molar-refractivity contribution in [2.24, 2.45) is 11.5 Å². The van der Waals surface area contributed by atoms with E-state index in [1.807, 2.05) is 0 Å². The third-order valence-corrected chi connectivity index (χ3v) is 17.5. The number of rotatable bonds is 103. The molecule has 38 nitrogen and oxygen atoms in total. The summed E-state index contributed by atoms with van der Waals surface area (Å²) in [5.74, 6) is 0. The third kappa shape index (κ3) is 86.8. The first kappa shape index (κ1) is 112. The number of hydrogen-bond acceptors (Lipinski definition) is 37. The predicted octanol–water partition coefficient (Wildman–Crippen LogP) is -8.46. The van der Waals surface area contributed by atoms with Gasteiger partial charge in [0.05, 0.1) is 256 Å². The second-order valence-electron chi connectivity index (χ2n) is 26.9. The molecular formula is C76H171N16O22+. The molecule has 0 aromatic heterocycles. The van der Waals surface area contributed by atoms with Crippen LogP contribution in [-0.2, 0) is 85.3 Å². The lowest BCUT2D eigenvalue weighted by Gasteiger charge is -2.28. The Kier molecular flexibility index (Phi) is 95.6. The summed E-state index contributed by atoms with van der Waals surface area (Å²) in [6.45, 7) is 44.5. The summed E-state index contributed by atoms with van der Waals surface area (Å²) in [5.41, 5.74) is 11.9. The first-order chi connectivity index (χ1) is 56.3. The maximum Gasteiger partial charge on any atom is 0.0900 e. The molecule has 0 aromatic rings. The Morgan fingerprint density at radius 3 is 0.877 bits per heavy atom. The summed E-state index contributed by atoms with van der Waals surface area (Å²) >= 11 is 0. The van der Waals surface area contributed by atoms with Gasteiger partial charge in [-0.15, -0.1) is 0 Å². The molecule has 0 bridgehead atoms. The standard InChI is InChI=1S/C76H170N16O22/c1-97-49-53-105-45-36-91(35-43-103-47-39-93)29-15-82-14-25-89(27-16-83-19-41-101-57-59-109-63-61-107-55-51-99-3)32-31-87(21-6-78)22-11-80-8-9-85-71-75(95)73-113-69-67-111-65-66-112-68-70-114-74-76(96)72-86-18-30-88(23-10-79-7-5-77)24-12-81-13-26-90(28-17-84-20-42-102-58-60-110-64-62-108-56-52-100-4)33-34-92(37-44-104-48-40-94)38-46-106-54-50-98-2/h75-76,79-86,93-96H,5-74,77-78H2,1-4H3/p+1. The Bertz CT molecular complexity index is 1800. The van der Waals surface area contributed by atoms with Crippen LogP contribution in [0.4, 0.5) is 0 Å². The van der Waals surface area contributed by atoms with Crippen molar-refractivity contribution in [2.45, 2.75) is 12.2 Å². The molecule has 0 aliphatic carbocycles.